The summed E-state index contributed by atoms with van der Waals surface area (Å²) in [6, 6.07) is 5.91. The molecule has 1 atom stereocenters. The zero-order valence-corrected chi connectivity index (χ0v) is 10.9. The van der Waals surface area contributed by atoms with Gasteiger partial charge < -0.3 is 10.6 Å². The van der Waals surface area contributed by atoms with E-state index in [1.165, 1.54) is 0 Å². The van der Waals surface area contributed by atoms with Gasteiger partial charge in [0, 0.05) is 35.0 Å². The van der Waals surface area contributed by atoms with E-state index in [0.717, 1.165) is 15.1 Å². The molecule has 3 nitrogen and oxygen atoms in total. The van der Waals surface area contributed by atoms with E-state index in [9.17, 15) is 4.79 Å². The highest BCUT2D eigenvalue weighted by atomic mass is 79.9. The Labute approximate surface area is 108 Å². The first-order valence-corrected chi connectivity index (χ1v) is 6.26. The fourth-order valence-electron chi connectivity index (χ4n) is 1.68. The zero-order valence-electron chi connectivity index (χ0n) is 8.59. The zero-order chi connectivity index (χ0) is 11.5. The Balaban J connectivity index is 1.94. The molecule has 0 bridgehead atoms. The second kappa shape index (κ2) is 5.17. The number of carbonyl (C=O) groups excluding carboxylic acids is 1. The molecule has 86 valence electrons. The Kier molecular flexibility index (Phi) is 3.84. The van der Waals surface area contributed by atoms with E-state index >= 15 is 0 Å². The number of nitrogens with one attached hydrogen (secondary N) is 2. The molecule has 0 aromatic heterocycles. The van der Waals surface area contributed by atoms with Gasteiger partial charge in [0.05, 0.1) is 0 Å². The quantitative estimate of drug-likeness (QED) is 0.897. The number of halogens is 2. The molecule has 1 aromatic carbocycles. The molecule has 1 heterocycles. The molecule has 2 rings (SSSR count). The van der Waals surface area contributed by atoms with Crippen LogP contribution in [0, 0.1) is 0 Å². The molecular formula is C11H12BrClN2O. The standard InChI is InChI=1S/C11H12BrClN2O/c12-10-2-1-8(13)3-7(10)5-14-9-4-11(16)15-6-9/h1-3,9,14H,4-6H2,(H,15,16). The van der Waals surface area contributed by atoms with Gasteiger partial charge in [0.2, 0.25) is 5.91 Å². The molecule has 0 spiro atoms. The normalized spacial score (nSPS) is 19.9. The summed E-state index contributed by atoms with van der Waals surface area (Å²) in [4.78, 5) is 11.0. The minimum Gasteiger partial charge on any atom is -0.354 e. The Hall–Kier alpha value is -0.580. The van der Waals surface area contributed by atoms with Crippen LogP contribution in [-0.2, 0) is 11.3 Å². The molecule has 1 saturated heterocycles. The smallest absolute Gasteiger partial charge is 0.221 e. The lowest BCUT2D eigenvalue weighted by atomic mass is 10.2. The predicted molar refractivity (Wildman–Crippen MR) is 67.4 cm³/mol. The molecule has 0 aliphatic carbocycles. The molecule has 1 aliphatic rings. The van der Waals surface area contributed by atoms with Crippen LogP contribution >= 0.6 is 27.5 Å². The Morgan fingerprint density at radius 2 is 2.38 bits per heavy atom. The summed E-state index contributed by atoms with van der Waals surface area (Å²) in [5, 5.41) is 6.84. The third-order valence-electron chi connectivity index (χ3n) is 2.57. The monoisotopic (exact) mass is 302 g/mol. The molecule has 5 heteroatoms. The van der Waals surface area contributed by atoms with Crippen molar-refractivity contribution in [3.8, 4) is 0 Å². The third kappa shape index (κ3) is 2.97. The maximum Gasteiger partial charge on any atom is 0.221 e. The lowest BCUT2D eigenvalue weighted by Crippen LogP contribution is -2.30. The van der Waals surface area contributed by atoms with Gasteiger partial charge in [-0.1, -0.05) is 27.5 Å². The highest BCUT2D eigenvalue weighted by Gasteiger charge is 2.20. The fourth-order valence-corrected chi connectivity index (χ4v) is 2.26. The van der Waals surface area contributed by atoms with Crippen LogP contribution in [0.25, 0.3) is 0 Å². The third-order valence-corrected chi connectivity index (χ3v) is 3.58. The van der Waals surface area contributed by atoms with Crippen LogP contribution in [0.3, 0.4) is 0 Å². The number of amides is 1. The minimum atomic E-state index is 0.114. The lowest BCUT2D eigenvalue weighted by Gasteiger charge is -2.11. The van der Waals surface area contributed by atoms with Crippen molar-refractivity contribution in [3.05, 3.63) is 33.3 Å². The van der Waals surface area contributed by atoms with Gasteiger partial charge in [0.1, 0.15) is 0 Å². The van der Waals surface area contributed by atoms with Crippen LogP contribution < -0.4 is 10.6 Å². The molecule has 2 N–H and O–H groups in total. The lowest BCUT2D eigenvalue weighted by molar-refractivity contribution is -0.119. The molecule has 0 saturated carbocycles. The van der Waals surface area contributed by atoms with Crippen LogP contribution in [-0.4, -0.2) is 18.5 Å². The second-order valence-corrected chi connectivity index (χ2v) is 5.11. The maximum atomic E-state index is 11.0. The first-order chi connectivity index (χ1) is 7.65. The van der Waals surface area contributed by atoms with E-state index in [-0.39, 0.29) is 11.9 Å². The van der Waals surface area contributed by atoms with Crippen molar-refractivity contribution in [2.75, 3.05) is 6.54 Å². The number of hydrogen-bond acceptors (Lipinski definition) is 2. The highest BCUT2D eigenvalue weighted by Crippen LogP contribution is 2.21. The van der Waals surface area contributed by atoms with Gasteiger partial charge in [-0.3, -0.25) is 4.79 Å². The van der Waals surface area contributed by atoms with Crippen LogP contribution in [0.15, 0.2) is 22.7 Å². The van der Waals surface area contributed by atoms with Gasteiger partial charge in [0.25, 0.3) is 0 Å². The summed E-state index contributed by atoms with van der Waals surface area (Å²) in [6.45, 7) is 1.41. The van der Waals surface area contributed by atoms with Crippen LogP contribution in [0.1, 0.15) is 12.0 Å². The molecule has 1 aliphatic heterocycles. The maximum absolute atomic E-state index is 11.0. The van der Waals surface area contributed by atoms with Crippen LogP contribution in [0.5, 0.6) is 0 Å². The summed E-state index contributed by atoms with van der Waals surface area (Å²) in [7, 11) is 0. The molecule has 1 fully saturated rings. The van der Waals surface area contributed by atoms with E-state index < -0.39 is 0 Å². The Morgan fingerprint density at radius 3 is 3.06 bits per heavy atom. The summed E-state index contributed by atoms with van der Waals surface area (Å²) in [5.74, 6) is 0.114. The minimum absolute atomic E-state index is 0.114. The largest absolute Gasteiger partial charge is 0.354 e. The molecule has 0 radical (unpaired) electrons. The Morgan fingerprint density at radius 1 is 1.56 bits per heavy atom. The first-order valence-electron chi connectivity index (χ1n) is 5.09. The van der Waals surface area contributed by atoms with Crippen molar-refractivity contribution in [1.82, 2.24) is 10.6 Å². The number of benzene rings is 1. The van der Waals surface area contributed by atoms with Crippen molar-refractivity contribution >= 4 is 33.4 Å². The van der Waals surface area contributed by atoms with Gasteiger partial charge >= 0.3 is 0 Å². The van der Waals surface area contributed by atoms with Gasteiger partial charge in [-0.2, -0.15) is 0 Å². The number of rotatable bonds is 3. The average Bonchev–Trinajstić information content (AvgIpc) is 2.66. The van der Waals surface area contributed by atoms with Crippen molar-refractivity contribution in [2.24, 2.45) is 0 Å². The van der Waals surface area contributed by atoms with Crippen molar-refractivity contribution < 1.29 is 4.79 Å². The molecule has 1 aromatic rings. The molecule has 1 unspecified atom stereocenters. The fraction of sp³-hybridized carbons (Fsp3) is 0.364. The van der Waals surface area contributed by atoms with E-state index in [2.05, 4.69) is 26.6 Å². The molecular weight excluding hydrogens is 291 g/mol. The van der Waals surface area contributed by atoms with Crippen LogP contribution in [0.2, 0.25) is 5.02 Å². The average molecular weight is 304 g/mol. The predicted octanol–water partition coefficient (Wildman–Crippen LogP) is 2.08. The second-order valence-electron chi connectivity index (χ2n) is 3.82. The van der Waals surface area contributed by atoms with Crippen molar-refractivity contribution in [2.45, 2.75) is 19.0 Å². The summed E-state index contributed by atoms with van der Waals surface area (Å²) >= 11 is 9.39. The molecule has 1 amide bonds. The summed E-state index contributed by atoms with van der Waals surface area (Å²) in [5.41, 5.74) is 1.10. The van der Waals surface area contributed by atoms with Gasteiger partial charge in [0.15, 0.2) is 0 Å². The van der Waals surface area contributed by atoms with Crippen molar-refractivity contribution in [3.63, 3.8) is 0 Å². The first kappa shape index (κ1) is 11.9. The molecule has 16 heavy (non-hydrogen) atoms. The van der Waals surface area contributed by atoms with Crippen LogP contribution in [0.4, 0.5) is 0 Å². The number of hydrogen-bond donors (Lipinski definition) is 2. The SMILES string of the molecule is O=C1CC(NCc2cc(Cl)ccc2Br)CN1. The Bertz CT molecular complexity index is 411. The van der Waals surface area contributed by atoms with E-state index in [4.69, 9.17) is 11.6 Å². The summed E-state index contributed by atoms with van der Waals surface area (Å²) < 4.78 is 1.03. The van der Waals surface area contributed by atoms with E-state index in [1.807, 2.05) is 18.2 Å². The highest BCUT2D eigenvalue weighted by molar-refractivity contribution is 9.10. The number of carbonyl (C=O) groups is 1. The topological polar surface area (TPSA) is 41.1 Å². The van der Waals surface area contributed by atoms with E-state index in [1.54, 1.807) is 0 Å². The van der Waals surface area contributed by atoms with Gasteiger partial charge in [-0.25, -0.2) is 0 Å². The van der Waals surface area contributed by atoms with Gasteiger partial charge in [-0.05, 0) is 23.8 Å². The van der Waals surface area contributed by atoms with E-state index in [0.29, 0.717) is 19.5 Å². The van der Waals surface area contributed by atoms with Crippen molar-refractivity contribution in [1.29, 1.82) is 0 Å². The summed E-state index contributed by atoms with van der Waals surface area (Å²) in [6.07, 6.45) is 0.554. The van der Waals surface area contributed by atoms with Gasteiger partial charge in [-0.15, -0.1) is 0 Å².